The number of hydrogen-bond acceptors (Lipinski definition) is 5. The number of thiocarbonyl (C=S) groups is 1. The van der Waals surface area contributed by atoms with Gasteiger partial charge in [-0.3, -0.25) is 19.8 Å². The molecule has 0 saturated carbocycles. The van der Waals surface area contributed by atoms with Gasteiger partial charge in [0.15, 0.2) is 5.11 Å². The number of carbonyl (C=O) groups is 2. The van der Waals surface area contributed by atoms with Gasteiger partial charge in [-0.2, -0.15) is 0 Å². The molecule has 0 aliphatic carbocycles. The Balaban J connectivity index is 1.93. The molecule has 2 amide bonds. The van der Waals surface area contributed by atoms with Crippen molar-refractivity contribution in [1.82, 2.24) is 5.32 Å². The fourth-order valence-electron chi connectivity index (χ4n) is 2.81. The van der Waals surface area contributed by atoms with Crippen LogP contribution in [-0.2, 0) is 9.59 Å². The van der Waals surface area contributed by atoms with Gasteiger partial charge in [-0.15, -0.1) is 0 Å². The van der Waals surface area contributed by atoms with E-state index in [1.807, 2.05) is 6.92 Å². The van der Waals surface area contributed by atoms with E-state index in [2.05, 4.69) is 27.8 Å². The highest BCUT2D eigenvalue weighted by molar-refractivity contribution is 9.10. The van der Waals surface area contributed by atoms with E-state index in [0.717, 1.165) is 0 Å². The molecule has 1 aliphatic heterocycles. The maximum Gasteiger partial charge on any atom is 0.270 e. The Kier molecular flexibility index (Phi) is 7.02. The molecule has 1 aliphatic rings. The van der Waals surface area contributed by atoms with Gasteiger partial charge in [0.2, 0.25) is 0 Å². The van der Waals surface area contributed by atoms with Crippen molar-refractivity contribution in [3.63, 3.8) is 0 Å². The van der Waals surface area contributed by atoms with Crippen molar-refractivity contribution in [3.8, 4) is 11.5 Å². The van der Waals surface area contributed by atoms with Gasteiger partial charge in [-0.25, -0.2) is 0 Å². The van der Waals surface area contributed by atoms with Crippen molar-refractivity contribution in [2.24, 2.45) is 0 Å². The lowest BCUT2D eigenvalue weighted by atomic mass is 10.1. The second-order valence-corrected chi connectivity index (χ2v) is 7.42. The molecule has 0 atom stereocenters. The number of nitrogens with zero attached hydrogens (tertiary/aromatic N) is 1. The van der Waals surface area contributed by atoms with Crippen LogP contribution in [0.25, 0.3) is 6.08 Å². The average molecular weight is 487 g/mol. The summed E-state index contributed by atoms with van der Waals surface area (Å²) in [6.07, 6.45) is 3.16. The fourth-order valence-corrected chi connectivity index (χ4v) is 3.60. The monoisotopic (exact) mass is 486 g/mol. The summed E-state index contributed by atoms with van der Waals surface area (Å²) >= 11 is 8.67. The zero-order valence-corrected chi connectivity index (χ0v) is 18.6. The molecule has 0 unspecified atom stereocenters. The van der Waals surface area contributed by atoms with E-state index >= 15 is 0 Å². The third-order valence-electron chi connectivity index (χ3n) is 4.11. The Bertz CT molecular complexity index is 1050. The summed E-state index contributed by atoms with van der Waals surface area (Å²) in [5, 5.41) is 2.59. The highest BCUT2D eigenvalue weighted by atomic mass is 79.9. The lowest BCUT2D eigenvalue weighted by molar-refractivity contribution is -0.122. The van der Waals surface area contributed by atoms with Gasteiger partial charge in [0.25, 0.3) is 11.8 Å². The first-order valence-electron chi connectivity index (χ1n) is 9.12. The van der Waals surface area contributed by atoms with Crippen LogP contribution in [0.15, 0.2) is 65.2 Å². The van der Waals surface area contributed by atoms with Gasteiger partial charge < -0.3 is 9.47 Å². The number of amides is 2. The van der Waals surface area contributed by atoms with Gasteiger partial charge in [-0.1, -0.05) is 24.8 Å². The molecular formula is C22H19BrN2O4S. The Morgan fingerprint density at radius 2 is 2.00 bits per heavy atom. The summed E-state index contributed by atoms with van der Waals surface area (Å²) in [5.41, 5.74) is 1.13. The number of halogens is 1. The van der Waals surface area contributed by atoms with E-state index < -0.39 is 11.8 Å². The zero-order chi connectivity index (χ0) is 21.7. The number of rotatable bonds is 7. The van der Waals surface area contributed by atoms with Gasteiger partial charge >= 0.3 is 0 Å². The van der Waals surface area contributed by atoms with Crippen LogP contribution in [0.2, 0.25) is 0 Å². The summed E-state index contributed by atoms with van der Waals surface area (Å²) in [6.45, 7) is 6.35. The van der Waals surface area contributed by atoms with Gasteiger partial charge in [-0.05, 0) is 71.0 Å². The Labute approximate surface area is 188 Å². The summed E-state index contributed by atoms with van der Waals surface area (Å²) < 4.78 is 11.7. The van der Waals surface area contributed by atoms with Crippen LogP contribution in [0.5, 0.6) is 11.5 Å². The van der Waals surface area contributed by atoms with Crippen molar-refractivity contribution in [2.45, 2.75) is 6.92 Å². The molecule has 6 nitrogen and oxygen atoms in total. The zero-order valence-electron chi connectivity index (χ0n) is 16.2. The molecule has 0 spiro atoms. The Hall–Kier alpha value is -2.97. The SMILES string of the molecule is C=CCOc1ccc(/C=C2\C(=O)NC(=S)N(c3cccc(OCC)c3)C2=O)cc1Br. The molecule has 1 N–H and O–H groups in total. The topological polar surface area (TPSA) is 67.9 Å². The van der Waals surface area contributed by atoms with E-state index in [1.54, 1.807) is 48.5 Å². The maximum atomic E-state index is 13.1. The quantitative estimate of drug-likeness (QED) is 0.274. The van der Waals surface area contributed by atoms with Crippen molar-refractivity contribution >= 4 is 56.8 Å². The summed E-state index contributed by atoms with van der Waals surface area (Å²) in [6, 6.07) is 12.2. The van der Waals surface area contributed by atoms with Crippen LogP contribution >= 0.6 is 28.1 Å². The second-order valence-electron chi connectivity index (χ2n) is 6.18. The van der Waals surface area contributed by atoms with Crippen LogP contribution in [0, 0.1) is 0 Å². The highest BCUT2D eigenvalue weighted by Gasteiger charge is 2.34. The minimum Gasteiger partial charge on any atom is -0.494 e. The van der Waals surface area contributed by atoms with Gasteiger partial charge in [0.05, 0.1) is 16.8 Å². The molecule has 0 aromatic heterocycles. The van der Waals surface area contributed by atoms with Crippen molar-refractivity contribution in [3.05, 3.63) is 70.7 Å². The largest absolute Gasteiger partial charge is 0.494 e. The molecule has 0 radical (unpaired) electrons. The predicted octanol–water partition coefficient (Wildman–Crippen LogP) is 4.24. The van der Waals surface area contributed by atoms with E-state index in [0.29, 0.717) is 40.4 Å². The first-order valence-corrected chi connectivity index (χ1v) is 10.3. The molecule has 2 aromatic carbocycles. The van der Waals surface area contributed by atoms with Crippen LogP contribution in [0.4, 0.5) is 5.69 Å². The lowest BCUT2D eigenvalue weighted by Gasteiger charge is -2.29. The van der Waals surface area contributed by atoms with Crippen molar-refractivity contribution in [1.29, 1.82) is 0 Å². The fraction of sp³-hybridized carbons (Fsp3) is 0.136. The lowest BCUT2D eigenvalue weighted by Crippen LogP contribution is -2.54. The minimum absolute atomic E-state index is 0.0187. The molecule has 8 heteroatoms. The normalized spacial score (nSPS) is 15.2. The first kappa shape index (κ1) is 21.7. The molecule has 154 valence electrons. The number of benzene rings is 2. The van der Waals surface area contributed by atoms with Crippen LogP contribution in [0.3, 0.4) is 0 Å². The molecule has 1 heterocycles. The molecular weight excluding hydrogens is 468 g/mol. The number of carbonyl (C=O) groups excluding carboxylic acids is 2. The highest BCUT2D eigenvalue weighted by Crippen LogP contribution is 2.29. The van der Waals surface area contributed by atoms with E-state index in [1.165, 1.54) is 11.0 Å². The van der Waals surface area contributed by atoms with Gasteiger partial charge in [0, 0.05) is 6.07 Å². The average Bonchev–Trinajstić information content (AvgIpc) is 2.71. The second kappa shape index (κ2) is 9.69. The summed E-state index contributed by atoms with van der Waals surface area (Å²) in [4.78, 5) is 26.9. The third-order valence-corrected chi connectivity index (χ3v) is 5.02. The minimum atomic E-state index is -0.551. The summed E-state index contributed by atoms with van der Waals surface area (Å²) in [5.74, 6) is 0.171. The van der Waals surface area contributed by atoms with E-state index in [4.69, 9.17) is 21.7 Å². The Morgan fingerprint density at radius 3 is 2.70 bits per heavy atom. The number of hydrogen-bond donors (Lipinski definition) is 1. The molecule has 3 rings (SSSR count). The number of nitrogens with one attached hydrogen (secondary N) is 1. The number of anilines is 1. The molecule has 0 bridgehead atoms. The van der Waals surface area contributed by atoms with Crippen molar-refractivity contribution < 1.29 is 19.1 Å². The predicted molar refractivity (Wildman–Crippen MR) is 124 cm³/mol. The van der Waals surface area contributed by atoms with Crippen LogP contribution in [0.1, 0.15) is 12.5 Å². The molecule has 30 heavy (non-hydrogen) atoms. The third kappa shape index (κ3) is 4.77. The first-order chi connectivity index (χ1) is 14.4. The van der Waals surface area contributed by atoms with Crippen LogP contribution < -0.4 is 19.7 Å². The van der Waals surface area contributed by atoms with Crippen LogP contribution in [-0.4, -0.2) is 30.1 Å². The Morgan fingerprint density at radius 1 is 1.20 bits per heavy atom. The maximum absolute atomic E-state index is 13.1. The molecule has 1 saturated heterocycles. The van der Waals surface area contributed by atoms with Gasteiger partial charge in [0.1, 0.15) is 23.7 Å². The number of ether oxygens (including phenoxy) is 2. The molecule has 1 fully saturated rings. The smallest absolute Gasteiger partial charge is 0.270 e. The summed E-state index contributed by atoms with van der Waals surface area (Å²) in [7, 11) is 0. The standard InChI is InChI=1S/C22H19BrN2O4S/c1-3-10-29-19-9-8-14(12-18(19)23)11-17-20(26)24-22(30)25(21(17)27)15-6-5-7-16(13-15)28-4-2/h3,5-9,11-13H,1,4,10H2,2H3,(H,24,26,30)/b17-11+. The van der Waals surface area contributed by atoms with E-state index in [9.17, 15) is 9.59 Å². The van der Waals surface area contributed by atoms with E-state index in [-0.39, 0.29) is 10.7 Å². The molecule has 2 aromatic rings. The van der Waals surface area contributed by atoms with Crippen molar-refractivity contribution in [2.75, 3.05) is 18.1 Å².